The number of phenolic OH excluding ortho intramolecular Hbond substituents is 2. The van der Waals surface area contributed by atoms with E-state index < -0.39 is 0 Å². The molecule has 6 heteroatoms. The zero-order valence-electron chi connectivity index (χ0n) is 8.17. The van der Waals surface area contributed by atoms with Crippen molar-refractivity contribution in [3.63, 3.8) is 0 Å². The first-order chi connectivity index (χ1) is 6.65. The van der Waals surface area contributed by atoms with Crippen LogP contribution in [0.25, 0.3) is 0 Å². The fourth-order valence-corrected chi connectivity index (χ4v) is 1.10. The molecule has 4 N–H and O–H groups in total. The van der Waals surface area contributed by atoms with Gasteiger partial charge in [0.15, 0.2) is 0 Å². The van der Waals surface area contributed by atoms with Gasteiger partial charge in [0.05, 0.1) is 13.5 Å². The Kier molecular flexibility index (Phi) is 5.33. The first kappa shape index (κ1) is 13.4. The summed E-state index contributed by atoms with van der Waals surface area (Å²) in [5.41, 5.74) is 0.675. The number of ether oxygens (including phenoxy) is 1. The molecule has 0 aliphatic heterocycles. The van der Waals surface area contributed by atoms with Crippen LogP contribution >= 0.6 is 12.4 Å². The first-order valence-corrected chi connectivity index (χ1v) is 3.98. The van der Waals surface area contributed by atoms with Crippen LogP contribution in [-0.2, 0) is 11.2 Å². The lowest BCUT2D eigenvalue weighted by molar-refractivity contribution is 0.391. The quantitative estimate of drug-likeness (QED) is 0.307. The SMILES string of the molecule is CO/C(Cc1cc(O)cc(O)c1)=N\N.Cl. The van der Waals surface area contributed by atoms with Gasteiger partial charge >= 0.3 is 0 Å². The fraction of sp³-hybridized carbons (Fsp3) is 0.222. The molecule has 0 amide bonds. The van der Waals surface area contributed by atoms with E-state index in [2.05, 4.69) is 5.10 Å². The summed E-state index contributed by atoms with van der Waals surface area (Å²) < 4.78 is 4.84. The number of hydrogen-bond acceptors (Lipinski definition) is 5. The lowest BCUT2D eigenvalue weighted by Crippen LogP contribution is -2.08. The summed E-state index contributed by atoms with van der Waals surface area (Å²) in [4.78, 5) is 0. The summed E-state index contributed by atoms with van der Waals surface area (Å²) >= 11 is 0. The topological polar surface area (TPSA) is 88.1 Å². The van der Waals surface area contributed by atoms with Crippen molar-refractivity contribution in [2.75, 3.05) is 7.11 Å². The van der Waals surface area contributed by atoms with E-state index in [1.54, 1.807) is 0 Å². The number of halogens is 1. The van der Waals surface area contributed by atoms with Crippen molar-refractivity contribution in [2.24, 2.45) is 10.9 Å². The van der Waals surface area contributed by atoms with Crippen molar-refractivity contribution < 1.29 is 14.9 Å². The summed E-state index contributed by atoms with van der Waals surface area (Å²) in [5, 5.41) is 21.8. The maximum absolute atomic E-state index is 9.18. The molecular weight excluding hydrogens is 220 g/mol. The van der Waals surface area contributed by atoms with Crippen molar-refractivity contribution in [3.8, 4) is 11.5 Å². The molecule has 5 nitrogen and oxygen atoms in total. The van der Waals surface area contributed by atoms with Crippen LogP contribution in [0.4, 0.5) is 0 Å². The maximum Gasteiger partial charge on any atom is 0.209 e. The molecule has 0 radical (unpaired) electrons. The zero-order chi connectivity index (χ0) is 10.6. The van der Waals surface area contributed by atoms with Gasteiger partial charge in [-0.3, -0.25) is 0 Å². The van der Waals surface area contributed by atoms with Crippen molar-refractivity contribution in [2.45, 2.75) is 6.42 Å². The third kappa shape index (κ3) is 3.95. The molecule has 84 valence electrons. The average Bonchev–Trinajstić information content (AvgIpc) is 2.12. The van der Waals surface area contributed by atoms with Crippen molar-refractivity contribution in [1.82, 2.24) is 0 Å². The number of nitrogens with zero attached hydrogens (tertiary/aromatic N) is 1. The Balaban J connectivity index is 0.00000196. The minimum atomic E-state index is -0.00697. The minimum absolute atomic E-state index is 0. The number of nitrogens with two attached hydrogens (primary N) is 1. The van der Waals surface area contributed by atoms with Gasteiger partial charge < -0.3 is 20.8 Å². The smallest absolute Gasteiger partial charge is 0.209 e. The molecular formula is C9H13ClN2O3. The third-order valence-corrected chi connectivity index (χ3v) is 1.70. The first-order valence-electron chi connectivity index (χ1n) is 3.98. The second-order valence-electron chi connectivity index (χ2n) is 2.76. The molecule has 0 spiro atoms. The molecule has 0 unspecified atom stereocenters. The fourth-order valence-electron chi connectivity index (χ4n) is 1.10. The van der Waals surface area contributed by atoms with E-state index in [4.69, 9.17) is 10.6 Å². The molecule has 15 heavy (non-hydrogen) atoms. The Morgan fingerprint density at radius 2 is 1.87 bits per heavy atom. The van der Waals surface area contributed by atoms with Crippen LogP contribution in [0.5, 0.6) is 11.5 Å². The maximum atomic E-state index is 9.18. The summed E-state index contributed by atoms with van der Waals surface area (Å²) in [6, 6.07) is 4.25. The Labute approximate surface area is 93.6 Å². The Bertz CT molecular complexity index is 335. The van der Waals surface area contributed by atoms with Gasteiger partial charge in [-0.15, -0.1) is 17.5 Å². The summed E-state index contributed by atoms with van der Waals surface area (Å²) in [5.74, 6) is 5.36. The molecule has 0 aromatic heterocycles. The number of benzene rings is 1. The average molecular weight is 233 g/mol. The van der Waals surface area contributed by atoms with Gasteiger partial charge in [-0.05, 0) is 17.7 Å². The van der Waals surface area contributed by atoms with E-state index in [1.165, 1.54) is 25.3 Å². The summed E-state index contributed by atoms with van der Waals surface area (Å²) in [6.07, 6.45) is 0.328. The van der Waals surface area contributed by atoms with Gasteiger partial charge in [0, 0.05) is 6.07 Å². The van der Waals surface area contributed by atoms with Crippen LogP contribution in [0.3, 0.4) is 0 Å². The highest BCUT2D eigenvalue weighted by molar-refractivity contribution is 5.85. The van der Waals surface area contributed by atoms with Crippen LogP contribution in [0, 0.1) is 0 Å². The lowest BCUT2D eigenvalue weighted by Gasteiger charge is -2.04. The van der Waals surface area contributed by atoms with Crippen molar-refractivity contribution in [3.05, 3.63) is 23.8 Å². The second kappa shape index (κ2) is 5.98. The molecule has 0 aliphatic carbocycles. The molecule has 0 saturated heterocycles. The van der Waals surface area contributed by atoms with Crippen LogP contribution in [0.2, 0.25) is 0 Å². The number of hydrogen-bond donors (Lipinski definition) is 3. The molecule has 0 heterocycles. The summed E-state index contributed by atoms with van der Waals surface area (Å²) in [6.45, 7) is 0. The van der Waals surface area contributed by atoms with E-state index >= 15 is 0 Å². The van der Waals surface area contributed by atoms with E-state index in [1.807, 2.05) is 0 Å². The Morgan fingerprint density at radius 1 is 1.33 bits per heavy atom. The van der Waals surface area contributed by atoms with Crippen molar-refractivity contribution >= 4 is 18.3 Å². The number of methoxy groups -OCH3 is 1. The van der Waals surface area contributed by atoms with Gasteiger partial charge in [-0.2, -0.15) is 0 Å². The largest absolute Gasteiger partial charge is 0.508 e. The minimum Gasteiger partial charge on any atom is -0.508 e. The van der Waals surface area contributed by atoms with E-state index in [0.717, 1.165) is 0 Å². The highest BCUT2D eigenvalue weighted by Crippen LogP contribution is 2.20. The van der Waals surface area contributed by atoms with Crippen LogP contribution < -0.4 is 5.84 Å². The monoisotopic (exact) mass is 232 g/mol. The van der Waals surface area contributed by atoms with Gasteiger partial charge in [-0.25, -0.2) is 0 Å². The van der Waals surface area contributed by atoms with Gasteiger partial charge in [0.1, 0.15) is 11.5 Å². The predicted molar refractivity (Wildman–Crippen MR) is 59.4 cm³/mol. The van der Waals surface area contributed by atoms with E-state index in [0.29, 0.717) is 17.9 Å². The van der Waals surface area contributed by atoms with Gasteiger partial charge in [0.25, 0.3) is 0 Å². The standard InChI is InChI=1S/C9H12N2O3.ClH/c1-14-9(11-10)4-6-2-7(12)5-8(13)3-6;/h2-3,5,12-13H,4,10H2,1H3;1H/b11-9-;. The Hall–Kier alpha value is -1.62. The second-order valence-corrected chi connectivity index (χ2v) is 2.76. The molecule has 0 bridgehead atoms. The predicted octanol–water partition coefficient (Wildman–Crippen LogP) is 0.981. The lowest BCUT2D eigenvalue weighted by atomic mass is 10.1. The molecule has 1 rings (SSSR count). The third-order valence-electron chi connectivity index (χ3n) is 1.70. The highest BCUT2D eigenvalue weighted by Gasteiger charge is 2.03. The number of phenols is 2. The van der Waals surface area contributed by atoms with Crippen molar-refractivity contribution in [1.29, 1.82) is 0 Å². The number of rotatable bonds is 2. The van der Waals surface area contributed by atoms with Crippen LogP contribution in [0.15, 0.2) is 23.3 Å². The molecule has 0 aliphatic rings. The van der Waals surface area contributed by atoms with E-state index in [9.17, 15) is 10.2 Å². The Morgan fingerprint density at radius 3 is 2.27 bits per heavy atom. The van der Waals surface area contributed by atoms with Gasteiger partial charge in [-0.1, -0.05) is 0 Å². The van der Waals surface area contributed by atoms with Crippen LogP contribution in [0.1, 0.15) is 5.56 Å². The van der Waals surface area contributed by atoms with E-state index in [-0.39, 0.29) is 23.9 Å². The molecule has 0 saturated carbocycles. The molecule has 0 fully saturated rings. The number of hydrazone groups is 1. The zero-order valence-corrected chi connectivity index (χ0v) is 8.99. The van der Waals surface area contributed by atoms with Crippen LogP contribution in [-0.4, -0.2) is 23.2 Å². The summed E-state index contributed by atoms with van der Waals surface area (Å²) in [7, 11) is 1.45. The molecule has 1 aromatic carbocycles. The highest BCUT2D eigenvalue weighted by atomic mass is 35.5. The molecule has 0 atom stereocenters. The van der Waals surface area contributed by atoms with Gasteiger partial charge in [0.2, 0.25) is 5.90 Å². The number of aromatic hydroxyl groups is 2. The molecule has 1 aromatic rings. The normalized spacial score (nSPS) is 10.6.